The van der Waals surface area contributed by atoms with Crippen molar-refractivity contribution in [1.29, 1.82) is 0 Å². The molecule has 3 aromatic rings. The molecule has 7 nitrogen and oxygen atoms in total. The van der Waals surface area contributed by atoms with E-state index in [-0.39, 0.29) is 24.7 Å². The summed E-state index contributed by atoms with van der Waals surface area (Å²) in [4.78, 5) is 15.6. The summed E-state index contributed by atoms with van der Waals surface area (Å²) in [6.45, 7) is 1.27. The monoisotopic (exact) mass is 407 g/mol. The zero-order valence-corrected chi connectivity index (χ0v) is 15.4. The van der Waals surface area contributed by atoms with Crippen molar-refractivity contribution in [3.05, 3.63) is 29.3 Å². The number of hydrogen-bond acceptors (Lipinski definition) is 7. The van der Waals surface area contributed by atoms with E-state index in [1.807, 2.05) is 0 Å². The van der Waals surface area contributed by atoms with Gasteiger partial charge in [0.1, 0.15) is 5.82 Å². The maximum absolute atomic E-state index is 13.2. The first-order chi connectivity index (χ1) is 13.5. The molecule has 0 saturated heterocycles. The Kier molecular flexibility index (Phi) is 4.00. The third kappa shape index (κ3) is 3.19. The average Bonchev–Trinajstić information content (AvgIpc) is 3.23. The summed E-state index contributed by atoms with van der Waals surface area (Å²) in [5, 5.41) is 10.7. The van der Waals surface area contributed by atoms with Crippen molar-refractivity contribution in [2.24, 2.45) is 5.92 Å². The minimum absolute atomic E-state index is 0.0110. The molecule has 0 unspecified atom stereocenters. The lowest BCUT2D eigenvalue weighted by atomic mass is 9.81. The summed E-state index contributed by atoms with van der Waals surface area (Å²) in [6, 6.07) is 0. The molecule has 0 spiro atoms. The van der Waals surface area contributed by atoms with Gasteiger partial charge in [-0.2, -0.15) is 5.10 Å². The first kappa shape index (κ1) is 17.4. The van der Waals surface area contributed by atoms with Crippen molar-refractivity contribution in [1.82, 2.24) is 25.1 Å². The minimum Gasteiger partial charge on any atom is -0.356 e. The molecule has 0 bridgehead atoms. The third-order valence-electron chi connectivity index (χ3n) is 4.99. The smallest absolute Gasteiger partial charge is 0.248 e. The zero-order valence-electron chi connectivity index (χ0n) is 14.6. The van der Waals surface area contributed by atoms with Crippen LogP contribution in [0.15, 0.2) is 18.6 Å². The molecule has 11 heteroatoms. The van der Waals surface area contributed by atoms with Crippen LogP contribution >= 0.6 is 11.3 Å². The van der Waals surface area contributed by atoms with E-state index in [2.05, 4.69) is 35.4 Å². The van der Waals surface area contributed by atoms with Crippen LogP contribution in [0.3, 0.4) is 0 Å². The fourth-order valence-electron chi connectivity index (χ4n) is 3.71. The molecule has 1 fully saturated rings. The number of hydrogen-bond donors (Lipinski definition) is 2. The maximum atomic E-state index is 13.2. The van der Waals surface area contributed by atoms with Gasteiger partial charge < -0.3 is 10.2 Å². The number of halogens is 3. The number of anilines is 3. The molecule has 1 aliphatic heterocycles. The van der Waals surface area contributed by atoms with Crippen LogP contribution in [0, 0.1) is 11.7 Å². The van der Waals surface area contributed by atoms with E-state index in [9.17, 15) is 13.2 Å². The predicted molar refractivity (Wildman–Crippen MR) is 98.6 cm³/mol. The standard InChI is InChI=1S/C17H16F3N7S/c18-10-5-21-15(22-6-10)25-16-24-13-11-7-23-26-14(11)27(2-1-12(13)28-16)8-9-3-17(19,20)4-9/h5-7,9H,1-4,8H2,(H,23,26)(H,21,22,24,25). The molecule has 146 valence electrons. The van der Waals surface area contributed by atoms with Gasteiger partial charge in [0.25, 0.3) is 0 Å². The lowest BCUT2D eigenvalue weighted by Crippen LogP contribution is -2.43. The van der Waals surface area contributed by atoms with Crippen LogP contribution in [0.5, 0.6) is 0 Å². The summed E-state index contributed by atoms with van der Waals surface area (Å²) >= 11 is 1.47. The van der Waals surface area contributed by atoms with E-state index >= 15 is 0 Å². The Morgan fingerprint density at radius 3 is 2.79 bits per heavy atom. The normalized spacial score (nSPS) is 18.2. The Morgan fingerprint density at radius 2 is 2.04 bits per heavy atom. The molecule has 0 amide bonds. The van der Waals surface area contributed by atoms with E-state index < -0.39 is 11.7 Å². The molecule has 5 rings (SSSR count). The van der Waals surface area contributed by atoms with Crippen LogP contribution in [0.4, 0.5) is 30.1 Å². The Labute approximate surface area is 162 Å². The van der Waals surface area contributed by atoms with Crippen LogP contribution < -0.4 is 10.2 Å². The molecule has 2 N–H and O–H groups in total. The molecule has 1 saturated carbocycles. The zero-order chi connectivity index (χ0) is 19.3. The summed E-state index contributed by atoms with van der Waals surface area (Å²) in [6.07, 6.45) is 4.51. The van der Waals surface area contributed by atoms with E-state index in [4.69, 9.17) is 0 Å². The summed E-state index contributed by atoms with van der Waals surface area (Å²) in [5.41, 5.74) is 1.66. The molecule has 3 aromatic heterocycles. The van der Waals surface area contributed by atoms with E-state index in [1.165, 1.54) is 11.3 Å². The molecule has 1 aliphatic carbocycles. The lowest BCUT2D eigenvalue weighted by molar-refractivity contribution is -0.107. The average molecular weight is 407 g/mol. The number of fused-ring (bicyclic) bond motifs is 3. The molecule has 0 atom stereocenters. The molecule has 0 aromatic carbocycles. The van der Waals surface area contributed by atoms with Crippen LogP contribution in [-0.2, 0) is 6.42 Å². The van der Waals surface area contributed by atoms with Crippen LogP contribution in [0.1, 0.15) is 17.7 Å². The second-order valence-electron chi connectivity index (χ2n) is 7.10. The highest BCUT2D eigenvalue weighted by molar-refractivity contribution is 7.16. The SMILES string of the molecule is Fc1cnc(Nc2nc3c(s2)CCN(CC2CC(F)(F)C2)c2[nH]ncc2-3)nc1. The van der Waals surface area contributed by atoms with Gasteiger partial charge in [-0.3, -0.25) is 5.10 Å². The first-order valence-corrected chi connectivity index (χ1v) is 9.69. The van der Waals surface area contributed by atoms with E-state index in [0.717, 1.165) is 40.8 Å². The number of alkyl halides is 2. The maximum Gasteiger partial charge on any atom is 0.248 e. The van der Waals surface area contributed by atoms with E-state index in [1.54, 1.807) is 6.20 Å². The molecular weight excluding hydrogens is 391 g/mol. The molecule has 4 heterocycles. The van der Waals surface area contributed by atoms with Crippen LogP contribution in [0.2, 0.25) is 0 Å². The number of rotatable bonds is 4. The summed E-state index contributed by atoms with van der Waals surface area (Å²) in [5.74, 6) is -1.96. The van der Waals surface area contributed by atoms with Gasteiger partial charge in [0.2, 0.25) is 11.9 Å². The van der Waals surface area contributed by atoms with Gasteiger partial charge in [-0.05, 0) is 5.92 Å². The van der Waals surface area contributed by atoms with Crippen molar-refractivity contribution < 1.29 is 13.2 Å². The van der Waals surface area contributed by atoms with Gasteiger partial charge in [0.15, 0.2) is 10.9 Å². The Balaban J connectivity index is 1.38. The Morgan fingerprint density at radius 1 is 1.25 bits per heavy atom. The fraction of sp³-hybridized carbons (Fsp3) is 0.412. The van der Waals surface area contributed by atoms with Gasteiger partial charge >= 0.3 is 0 Å². The third-order valence-corrected chi connectivity index (χ3v) is 6.02. The highest BCUT2D eigenvalue weighted by Gasteiger charge is 2.46. The van der Waals surface area contributed by atoms with Crippen LogP contribution in [-0.4, -0.2) is 44.2 Å². The highest BCUT2D eigenvalue weighted by atomic mass is 32.1. The second-order valence-corrected chi connectivity index (χ2v) is 8.18. The number of aromatic nitrogens is 5. The second kappa shape index (κ2) is 6.43. The molecular formula is C17H16F3N7S. The van der Waals surface area contributed by atoms with Crippen LogP contribution in [0.25, 0.3) is 11.3 Å². The Hall–Kier alpha value is -2.69. The number of thiazole rings is 1. The van der Waals surface area contributed by atoms with Gasteiger partial charge in [-0.15, -0.1) is 11.3 Å². The Bertz CT molecular complexity index is 993. The first-order valence-electron chi connectivity index (χ1n) is 8.88. The van der Waals surface area contributed by atoms with Crippen molar-refractivity contribution >= 4 is 28.2 Å². The van der Waals surface area contributed by atoms with Crippen molar-refractivity contribution in [2.75, 3.05) is 23.3 Å². The van der Waals surface area contributed by atoms with E-state index in [0.29, 0.717) is 18.2 Å². The van der Waals surface area contributed by atoms with Crippen molar-refractivity contribution in [3.63, 3.8) is 0 Å². The van der Waals surface area contributed by atoms with Gasteiger partial charge in [-0.1, -0.05) is 0 Å². The number of aromatic amines is 1. The van der Waals surface area contributed by atoms with Gasteiger partial charge in [-0.25, -0.2) is 28.1 Å². The minimum atomic E-state index is -2.52. The quantitative estimate of drug-likeness (QED) is 0.688. The predicted octanol–water partition coefficient (Wildman–Crippen LogP) is 3.61. The lowest BCUT2D eigenvalue weighted by Gasteiger charge is -2.38. The largest absolute Gasteiger partial charge is 0.356 e. The van der Waals surface area contributed by atoms with Crippen molar-refractivity contribution in [2.45, 2.75) is 25.2 Å². The number of H-pyrrole nitrogens is 1. The van der Waals surface area contributed by atoms with Crippen molar-refractivity contribution in [3.8, 4) is 11.3 Å². The van der Waals surface area contributed by atoms with Gasteiger partial charge in [0.05, 0.1) is 29.8 Å². The summed E-state index contributed by atoms with van der Waals surface area (Å²) in [7, 11) is 0. The molecule has 2 aliphatic rings. The highest BCUT2D eigenvalue weighted by Crippen LogP contribution is 2.44. The molecule has 28 heavy (non-hydrogen) atoms. The molecule has 0 radical (unpaired) electrons. The van der Waals surface area contributed by atoms with Gasteiger partial charge in [0, 0.05) is 37.2 Å². The number of nitrogens with zero attached hydrogens (tertiary/aromatic N) is 5. The fourth-order valence-corrected chi connectivity index (χ4v) is 4.67. The number of nitrogens with one attached hydrogen (secondary N) is 2. The topological polar surface area (TPSA) is 82.6 Å². The summed E-state index contributed by atoms with van der Waals surface area (Å²) < 4.78 is 39.3.